The largest absolute Gasteiger partial charge is 0.357 e. The van der Waals surface area contributed by atoms with Crippen LogP contribution in [-0.2, 0) is 11.8 Å². The Morgan fingerprint density at radius 2 is 2.00 bits per heavy atom. The molecule has 1 aromatic rings. The van der Waals surface area contributed by atoms with E-state index < -0.39 is 5.54 Å². The van der Waals surface area contributed by atoms with Gasteiger partial charge in [-0.05, 0) is 19.9 Å². The van der Waals surface area contributed by atoms with Gasteiger partial charge in [0.25, 0.3) is 0 Å². The number of carbonyl (C=O) groups excluding carboxylic acids is 2. The van der Waals surface area contributed by atoms with Crippen LogP contribution in [0.25, 0.3) is 0 Å². The molecule has 1 aliphatic rings. The molecule has 104 valence electrons. The summed E-state index contributed by atoms with van der Waals surface area (Å²) in [6.07, 6.45) is 3.67. The standard InChI is InChI=1S/C14H21N3O2/c1-14(2)13(19)16(4)7-8-17(14)10-12(18)11-5-6-15(3)9-11/h5-6,9H,7-8,10H2,1-4H3. The number of piperazine rings is 1. The van der Waals surface area contributed by atoms with Crippen molar-refractivity contribution in [2.75, 3.05) is 26.7 Å². The zero-order valence-electron chi connectivity index (χ0n) is 12.0. The normalized spacial score (nSPS) is 19.8. The van der Waals surface area contributed by atoms with E-state index in [2.05, 4.69) is 0 Å². The maximum Gasteiger partial charge on any atom is 0.242 e. The van der Waals surface area contributed by atoms with Crippen molar-refractivity contribution < 1.29 is 9.59 Å². The van der Waals surface area contributed by atoms with Gasteiger partial charge in [-0.15, -0.1) is 0 Å². The lowest BCUT2D eigenvalue weighted by Crippen LogP contribution is -2.62. The average molecular weight is 263 g/mol. The van der Waals surface area contributed by atoms with Crippen molar-refractivity contribution in [1.82, 2.24) is 14.4 Å². The van der Waals surface area contributed by atoms with Gasteiger partial charge in [-0.1, -0.05) is 0 Å². The molecule has 0 unspecified atom stereocenters. The number of hydrogen-bond donors (Lipinski definition) is 0. The summed E-state index contributed by atoms with van der Waals surface area (Å²) in [6, 6.07) is 1.81. The van der Waals surface area contributed by atoms with Crippen molar-refractivity contribution in [3.63, 3.8) is 0 Å². The number of aromatic nitrogens is 1. The zero-order chi connectivity index (χ0) is 14.2. The van der Waals surface area contributed by atoms with Crippen LogP contribution < -0.4 is 0 Å². The maximum atomic E-state index is 12.2. The van der Waals surface area contributed by atoms with Crippen molar-refractivity contribution in [1.29, 1.82) is 0 Å². The number of rotatable bonds is 3. The third kappa shape index (κ3) is 2.56. The van der Waals surface area contributed by atoms with E-state index in [1.165, 1.54) is 0 Å². The van der Waals surface area contributed by atoms with Gasteiger partial charge in [0.2, 0.25) is 5.91 Å². The lowest BCUT2D eigenvalue weighted by atomic mass is 9.97. The zero-order valence-corrected chi connectivity index (χ0v) is 12.0. The monoisotopic (exact) mass is 263 g/mol. The van der Waals surface area contributed by atoms with E-state index in [-0.39, 0.29) is 18.2 Å². The molecule has 0 saturated carbocycles. The van der Waals surface area contributed by atoms with E-state index in [0.29, 0.717) is 12.1 Å². The van der Waals surface area contributed by atoms with Gasteiger partial charge in [-0.3, -0.25) is 14.5 Å². The summed E-state index contributed by atoms with van der Waals surface area (Å²) >= 11 is 0. The number of ketones is 1. The minimum Gasteiger partial charge on any atom is -0.357 e. The molecule has 1 aromatic heterocycles. The molecule has 0 spiro atoms. The molecule has 19 heavy (non-hydrogen) atoms. The predicted molar refractivity (Wildman–Crippen MR) is 73.0 cm³/mol. The first kappa shape index (κ1) is 13.8. The molecule has 0 atom stereocenters. The number of Topliss-reactive ketones (excluding diaryl/α,β-unsaturated/α-hetero) is 1. The van der Waals surface area contributed by atoms with Crippen LogP contribution in [0.15, 0.2) is 18.5 Å². The first-order valence-electron chi connectivity index (χ1n) is 6.48. The van der Waals surface area contributed by atoms with Crippen LogP contribution in [-0.4, -0.2) is 58.3 Å². The molecule has 0 N–H and O–H groups in total. The van der Waals surface area contributed by atoms with Crippen molar-refractivity contribution in [3.05, 3.63) is 24.0 Å². The van der Waals surface area contributed by atoms with Crippen LogP contribution in [0.1, 0.15) is 24.2 Å². The van der Waals surface area contributed by atoms with Gasteiger partial charge in [0.05, 0.1) is 12.1 Å². The molecule has 1 fully saturated rings. The summed E-state index contributed by atoms with van der Waals surface area (Å²) < 4.78 is 1.85. The van der Waals surface area contributed by atoms with Crippen molar-refractivity contribution in [3.8, 4) is 0 Å². The van der Waals surface area contributed by atoms with E-state index in [1.807, 2.05) is 48.8 Å². The highest BCUT2D eigenvalue weighted by Crippen LogP contribution is 2.21. The fourth-order valence-corrected chi connectivity index (χ4v) is 2.46. The molecule has 0 bridgehead atoms. The molecule has 5 nitrogen and oxygen atoms in total. The first-order chi connectivity index (χ1) is 8.82. The Morgan fingerprint density at radius 3 is 2.58 bits per heavy atom. The summed E-state index contributed by atoms with van der Waals surface area (Å²) in [4.78, 5) is 28.1. The van der Waals surface area contributed by atoms with Gasteiger partial charge in [0.1, 0.15) is 0 Å². The molecule has 2 rings (SSSR count). The number of aryl methyl sites for hydroxylation is 1. The number of hydrogen-bond acceptors (Lipinski definition) is 3. The summed E-state index contributed by atoms with van der Waals surface area (Å²) in [5.74, 6) is 0.130. The second kappa shape index (κ2) is 4.81. The molecule has 5 heteroatoms. The third-order valence-electron chi connectivity index (χ3n) is 3.85. The van der Waals surface area contributed by atoms with Gasteiger partial charge in [-0.25, -0.2) is 0 Å². The highest BCUT2D eigenvalue weighted by atomic mass is 16.2. The molecule has 0 radical (unpaired) electrons. The van der Waals surface area contributed by atoms with Gasteiger partial charge < -0.3 is 9.47 Å². The maximum absolute atomic E-state index is 12.2. The van der Waals surface area contributed by atoms with Crippen molar-refractivity contribution >= 4 is 11.7 Å². The molecule has 1 saturated heterocycles. The van der Waals surface area contributed by atoms with Crippen LogP contribution in [0.5, 0.6) is 0 Å². The Morgan fingerprint density at radius 1 is 1.32 bits per heavy atom. The minimum atomic E-state index is -0.614. The highest BCUT2D eigenvalue weighted by molar-refractivity contribution is 5.98. The topological polar surface area (TPSA) is 45.5 Å². The van der Waals surface area contributed by atoms with Gasteiger partial charge in [0, 0.05) is 45.1 Å². The van der Waals surface area contributed by atoms with Crippen LogP contribution in [0.3, 0.4) is 0 Å². The highest BCUT2D eigenvalue weighted by Gasteiger charge is 2.41. The van der Waals surface area contributed by atoms with Crippen LogP contribution in [0, 0.1) is 0 Å². The van der Waals surface area contributed by atoms with Gasteiger partial charge in [0.15, 0.2) is 5.78 Å². The van der Waals surface area contributed by atoms with E-state index in [0.717, 1.165) is 6.54 Å². The molecule has 0 aliphatic carbocycles. The summed E-state index contributed by atoms with van der Waals surface area (Å²) in [5, 5.41) is 0. The van der Waals surface area contributed by atoms with Crippen LogP contribution in [0.4, 0.5) is 0 Å². The van der Waals surface area contributed by atoms with E-state index in [1.54, 1.807) is 11.9 Å². The number of likely N-dealkylation sites (N-methyl/N-ethyl adjacent to an activating group) is 1. The third-order valence-corrected chi connectivity index (χ3v) is 3.85. The Kier molecular flexibility index (Phi) is 3.49. The van der Waals surface area contributed by atoms with E-state index in [4.69, 9.17) is 0 Å². The molecular formula is C14H21N3O2. The Labute approximate surface area is 113 Å². The molecule has 2 heterocycles. The lowest BCUT2D eigenvalue weighted by molar-refractivity contribution is -0.146. The second-order valence-corrected chi connectivity index (χ2v) is 5.70. The molecule has 0 aromatic carbocycles. The fourth-order valence-electron chi connectivity index (χ4n) is 2.46. The summed E-state index contributed by atoms with van der Waals surface area (Å²) in [5.41, 5.74) is 0.0851. The van der Waals surface area contributed by atoms with Gasteiger partial charge >= 0.3 is 0 Å². The molecule has 1 amide bonds. The Balaban J connectivity index is 2.10. The molecule has 1 aliphatic heterocycles. The van der Waals surface area contributed by atoms with Crippen molar-refractivity contribution in [2.45, 2.75) is 19.4 Å². The minimum absolute atomic E-state index is 0.0611. The number of carbonyl (C=O) groups is 2. The summed E-state index contributed by atoms with van der Waals surface area (Å²) in [6.45, 7) is 5.45. The second-order valence-electron chi connectivity index (χ2n) is 5.70. The van der Waals surface area contributed by atoms with Crippen LogP contribution >= 0.6 is 0 Å². The number of nitrogens with zero attached hydrogens (tertiary/aromatic N) is 3. The predicted octanol–water partition coefficient (Wildman–Crippen LogP) is 0.760. The molecular weight excluding hydrogens is 242 g/mol. The SMILES string of the molecule is CN1CCN(CC(=O)c2ccn(C)c2)C(C)(C)C1=O. The first-order valence-corrected chi connectivity index (χ1v) is 6.48. The smallest absolute Gasteiger partial charge is 0.242 e. The Hall–Kier alpha value is -1.62. The van der Waals surface area contributed by atoms with Crippen LogP contribution in [0.2, 0.25) is 0 Å². The number of amides is 1. The van der Waals surface area contributed by atoms with Crippen molar-refractivity contribution in [2.24, 2.45) is 7.05 Å². The van der Waals surface area contributed by atoms with E-state index in [9.17, 15) is 9.59 Å². The quantitative estimate of drug-likeness (QED) is 0.756. The Bertz CT molecular complexity index is 505. The average Bonchev–Trinajstić information content (AvgIpc) is 2.77. The fraction of sp³-hybridized carbons (Fsp3) is 0.571. The van der Waals surface area contributed by atoms with Gasteiger partial charge in [-0.2, -0.15) is 0 Å². The lowest BCUT2D eigenvalue weighted by Gasteiger charge is -2.44. The summed E-state index contributed by atoms with van der Waals surface area (Å²) in [7, 11) is 3.69. The van der Waals surface area contributed by atoms with E-state index >= 15 is 0 Å².